The van der Waals surface area contributed by atoms with Gasteiger partial charge in [-0.1, -0.05) is 30.7 Å². The topological polar surface area (TPSA) is 78.5 Å². The first kappa shape index (κ1) is 24.4. The third-order valence-electron chi connectivity index (χ3n) is 5.94. The largest absolute Gasteiger partial charge is 0.493 e. The van der Waals surface area contributed by atoms with Gasteiger partial charge in [-0.25, -0.2) is 4.98 Å². The average molecular weight is 476 g/mol. The molecule has 4 rings (SSSR count). The summed E-state index contributed by atoms with van der Waals surface area (Å²) in [5, 5.41) is 2.90. The van der Waals surface area contributed by atoms with Crippen molar-refractivity contribution in [1.29, 1.82) is 0 Å². The standard InChI is InChI=1S/C28H33N3O4/c1-33-24-14-6-7-15-25(24)34-20-10-9-19-31-23-13-5-4-12-22(23)30-27(31)17-3-2-8-18-29-28(32)26-16-11-21-35-26/h4-7,11-16,21H,2-3,8-10,17-20H2,1H3,(H,29,32). The molecule has 0 radical (unpaired) electrons. The Labute approximate surface area is 206 Å². The minimum Gasteiger partial charge on any atom is -0.493 e. The van der Waals surface area contributed by atoms with Gasteiger partial charge in [-0.05, 0) is 62.1 Å². The lowest BCUT2D eigenvalue weighted by atomic mass is 10.2. The molecule has 7 nitrogen and oxygen atoms in total. The van der Waals surface area contributed by atoms with Crippen molar-refractivity contribution >= 4 is 16.9 Å². The third kappa shape index (κ3) is 6.66. The smallest absolute Gasteiger partial charge is 0.286 e. The number of para-hydroxylation sites is 4. The summed E-state index contributed by atoms with van der Waals surface area (Å²) < 4.78 is 18.7. The van der Waals surface area contributed by atoms with Crippen LogP contribution in [0.15, 0.2) is 71.3 Å². The van der Waals surface area contributed by atoms with Crippen LogP contribution in [0.1, 0.15) is 48.5 Å². The molecule has 0 atom stereocenters. The van der Waals surface area contributed by atoms with Crippen molar-refractivity contribution in [3.05, 3.63) is 78.5 Å². The number of methoxy groups -OCH3 is 1. The monoisotopic (exact) mass is 475 g/mol. The highest BCUT2D eigenvalue weighted by Gasteiger charge is 2.11. The van der Waals surface area contributed by atoms with E-state index in [1.165, 1.54) is 11.8 Å². The van der Waals surface area contributed by atoms with Gasteiger partial charge in [-0.15, -0.1) is 0 Å². The van der Waals surface area contributed by atoms with Crippen LogP contribution in [0, 0.1) is 0 Å². The molecule has 2 heterocycles. The van der Waals surface area contributed by atoms with Crippen LogP contribution >= 0.6 is 0 Å². The van der Waals surface area contributed by atoms with E-state index in [4.69, 9.17) is 18.9 Å². The first-order valence-electron chi connectivity index (χ1n) is 12.3. The van der Waals surface area contributed by atoms with E-state index in [9.17, 15) is 4.79 Å². The summed E-state index contributed by atoms with van der Waals surface area (Å²) in [6.07, 6.45) is 7.34. The van der Waals surface area contributed by atoms with Crippen molar-refractivity contribution < 1.29 is 18.7 Å². The van der Waals surface area contributed by atoms with Crippen molar-refractivity contribution in [3.8, 4) is 11.5 Å². The van der Waals surface area contributed by atoms with Crippen molar-refractivity contribution in [2.75, 3.05) is 20.3 Å². The summed E-state index contributed by atoms with van der Waals surface area (Å²) in [5.41, 5.74) is 2.22. The van der Waals surface area contributed by atoms with Gasteiger partial charge in [-0.2, -0.15) is 0 Å². The van der Waals surface area contributed by atoms with E-state index in [0.29, 0.717) is 18.9 Å². The maximum Gasteiger partial charge on any atom is 0.286 e. The number of fused-ring (bicyclic) bond motifs is 1. The molecule has 0 saturated carbocycles. The van der Waals surface area contributed by atoms with Crippen molar-refractivity contribution in [3.63, 3.8) is 0 Å². The molecule has 0 saturated heterocycles. The molecule has 4 aromatic rings. The zero-order valence-corrected chi connectivity index (χ0v) is 20.2. The van der Waals surface area contributed by atoms with Gasteiger partial charge in [0.2, 0.25) is 0 Å². The lowest BCUT2D eigenvalue weighted by molar-refractivity contribution is 0.0925. The van der Waals surface area contributed by atoms with Crippen LogP contribution in [0.5, 0.6) is 11.5 Å². The van der Waals surface area contributed by atoms with Gasteiger partial charge in [0.1, 0.15) is 5.82 Å². The summed E-state index contributed by atoms with van der Waals surface area (Å²) in [5.74, 6) is 2.86. The van der Waals surface area contributed by atoms with E-state index >= 15 is 0 Å². The quantitative estimate of drug-likeness (QED) is 0.239. The Hall–Kier alpha value is -3.74. The molecule has 0 aliphatic heterocycles. The van der Waals surface area contributed by atoms with E-state index in [-0.39, 0.29) is 5.91 Å². The molecule has 0 unspecified atom stereocenters. The second-order valence-corrected chi connectivity index (χ2v) is 8.42. The van der Waals surface area contributed by atoms with Crippen molar-refractivity contribution in [2.24, 2.45) is 0 Å². The van der Waals surface area contributed by atoms with Gasteiger partial charge in [0.25, 0.3) is 5.91 Å². The predicted molar refractivity (Wildman–Crippen MR) is 136 cm³/mol. The van der Waals surface area contributed by atoms with Crippen LogP contribution in [0.4, 0.5) is 0 Å². The molecule has 0 bridgehead atoms. The Bertz CT molecular complexity index is 1200. The van der Waals surface area contributed by atoms with Gasteiger partial charge in [0.05, 0.1) is 31.0 Å². The second kappa shape index (κ2) is 12.6. The number of benzene rings is 2. The van der Waals surface area contributed by atoms with E-state index in [2.05, 4.69) is 28.1 Å². The molecule has 2 aromatic carbocycles. The highest BCUT2D eigenvalue weighted by atomic mass is 16.5. The Kier molecular flexibility index (Phi) is 8.81. The fourth-order valence-electron chi connectivity index (χ4n) is 4.14. The number of ether oxygens (including phenoxy) is 2. The zero-order chi connectivity index (χ0) is 24.3. The number of nitrogens with zero attached hydrogens (tertiary/aromatic N) is 2. The van der Waals surface area contributed by atoms with E-state index in [0.717, 1.165) is 67.9 Å². The summed E-state index contributed by atoms with van der Waals surface area (Å²) >= 11 is 0. The Morgan fingerprint density at radius 1 is 0.943 bits per heavy atom. The van der Waals surface area contributed by atoms with E-state index in [1.54, 1.807) is 19.2 Å². The number of rotatable bonds is 14. The van der Waals surface area contributed by atoms with E-state index in [1.807, 2.05) is 30.3 Å². The molecular weight excluding hydrogens is 442 g/mol. The lowest BCUT2D eigenvalue weighted by Gasteiger charge is -2.12. The number of carbonyl (C=O) groups is 1. The molecule has 0 aliphatic rings. The maximum absolute atomic E-state index is 11.9. The van der Waals surface area contributed by atoms with Crippen molar-refractivity contribution in [1.82, 2.24) is 14.9 Å². The number of imidazole rings is 1. The Morgan fingerprint density at radius 3 is 2.60 bits per heavy atom. The van der Waals surface area contributed by atoms with Gasteiger partial charge in [0, 0.05) is 19.5 Å². The van der Waals surface area contributed by atoms with Crippen LogP contribution in [0.3, 0.4) is 0 Å². The zero-order valence-electron chi connectivity index (χ0n) is 20.2. The normalized spacial score (nSPS) is 11.0. The van der Waals surface area contributed by atoms with Crippen LogP contribution < -0.4 is 14.8 Å². The van der Waals surface area contributed by atoms with Crippen molar-refractivity contribution in [2.45, 2.75) is 45.1 Å². The fraction of sp³-hybridized carbons (Fsp3) is 0.357. The van der Waals surface area contributed by atoms with Gasteiger partial charge >= 0.3 is 0 Å². The molecule has 35 heavy (non-hydrogen) atoms. The number of carbonyl (C=O) groups excluding carboxylic acids is 1. The number of nitrogens with one attached hydrogen (secondary N) is 1. The number of hydrogen-bond donors (Lipinski definition) is 1. The molecule has 0 spiro atoms. The number of aryl methyl sites for hydroxylation is 2. The number of amides is 1. The maximum atomic E-state index is 11.9. The minimum absolute atomic E-state index is 0.161. The van der Waals surface area contributed by atoms with Gasteiger partial charge in [0.15, 0.2) is 17.3 Å². The number of furan rings is 1. The summed E-state index contributed by atoms with van der Waals surface area (Å²) in [6, 6.07) is 19.4. The molecule has 1 amide bonds. The molecule has 2 aromatic heterocycles. The summed E-state index contributed by atoms with van der Waals surface area (Å²) in [4.78, 5) is 16.8. The average Bonchev–Trinajstić information content (AvgIpc) is 3.55. The van der Waals surface area contributed by atoms with E-state index < -0.39 is 0 Å². The highest BCUT2D eigenvalue weighted by molar-refractivity contribution is 5.91. The lowest BCUT2D eigenvalue weighted by Crippen LogP contribution is -2.23. The molecule has 0 fully saturated rings. The third-order valence-corrected chi connectivity index (χ3v) is 5.94. The molecular formula is C28H33N3O4. The highest BCUT2D eigenvalue weighted by Crippen LogP contribution is 2.26. The number of unbranched alkanes of at least 4 members (excludes halogenated alkanes) is 3. The first-order chi connectivity index (χ1) is 17.3. The first-order valence-corrected chi connectivity index (χ1v) is 12.3. The molecule has 0 aliphatic carbocycles. The Morgan fingerprint density at radius 2 is 1.77 bits per heavy atom. The number of aromatic nitrogens is 2. The minimum atomic E-state index is -0.161. The van der Waals surface area contributed by atoms with Gasteiger partial charge in [-0.3, -0.25) is 4.79 Å². The van der Waals surface area contributed by atoms with Crippen LogP contribution in [-0.4, -0.2) is 35.7 Å². The number of hydrogen-bond acceptors (Lipinski definition) is 5. The molecule has 184 valence electrons. The fourth-order valence-corrected chi connectivity index (χ4v) is 4.14. The summed E-state index contributed by atoms with van der Waals surface area (Å²) in [7, 11) is 1.66. The predicted octanol–water partition coefficient (Wildman–Crippen LogP) is 5.64. The second-order valence-electron chi connectivity index (χ2n) is 8.42. The van der Waals surface area contributed by atoms with Crippen LogP contribution in [-0.2, 0) is 13.0 Å². The van der Waals surface area contributed by atoms with Crippen LogP contribution in [0.2, 0.25) is 0 Å². The molecule has 1 N–H and O–H groups in total. The van der Waals surface area contributed by atoms with Gasteiger partial charge < -0.3 is 23.8 Å². The Balaban J connectivity index is 1.23. The SMILES string of the molecule is COc1ccccc1OCCCCn1c(CCCCCNC(=O)c2ccco2)nc2ccccc21. The summed E-state index contributed by atoms with van der Waals surface area (Å²) in [6.45, 7) is 2.19. The molecule has 7 heteroatoms. The van der Waals surface area contributed by atoms with Crippen LogP contribution in [0.25, 0.3) is 11.0 Å².